The van der Waals surface area contributed by atoms with Crippen LogP contribution in [0.5, 0.6) is 0 Å². The molecule has 0 saturated heterocycles. The van der Waals surface area contributed by atoms with Crippen molar-refractivity contribution in [3.8, 4) is 51.0 Å². The number of para-hydroxylation sites is 1. The first-order valence-electron chi connectivity index (χ1n) is 16.8. The molecule has 5 nitrogen and oxygen atoms in total. The maximum absolute atomic E-state index is 6.35. The number of halogens is 1. The van der Waals surface area contributed by atoms with Crippen molar-refractivity contribution in [3.05, 3.63) is 168 Å². The average Bonchev–Trinajstić information content (AvgIpc) is 3.72. The average molecular weight is 720 g/mol. The number of hydrogen-bond acceptors (Lipinski definition) is 4. The van der Waals surface area contributed by atoms with Crippen molar-refractivity contribution in [2.24, 2.45) is 0 Å². The third-order valence-electron chi connectivity index (χ3n) is 9.50. The van der Waals surface area contributed by atoms with Crippen LogP contribution < -0.4 is 0 Å². The Kier molecular flexibility index (Phi) is 6.89. The quantitative estimate of drug-likeness (QED) is 0.178. The Bertz CT molecular complexity index is 2860. The first-order valence-corrected chi connectivity index (χ1v) is 17.6. The third-order valence-corrected chi connectivity index (χ3v) is 9.99. The van der Waals surface area contributed by atoms with Gasteiger partial charge in [-0.1, -0.05) is 107 Å². The Balaban J connectivity index is 1.12. The molecule has 3 heterocycles. The van der Waals surface area contributed by atoms with E-state index in [9.17, 15) is 0 Å². The second kappa shape index (κ2) is 11.9. The first kappa shape index (κ1) is 29.5. The van der Waals surface area contributed by atoms with Gasteiger partial charge in [-0.15, -0.1) is 0 Å². The van der Waals surface area contributed by atoms with Crippen molar-refractivity contribution in [2.45, 2.75) is 0 Å². The molecule has 10 aromatic rings. The highest BCUT2D eigenvalue weighted by Gasteiger charge is 2.17. The maximum Gasteiger partial charge on any atom is 0.164 e. The van der Waals surface area contributed by atoms with E-state index in [1.54, 1.807) is 0 Å². The summed E-state index contributed by atoms with van der Waals surface area (Å²) in [4.78, 5) is 14.8. The summed E-state index contributed by atoms with van der Waals surface area (Å²) in [6, 6.07) is 56.5. The van der Waals surface area contributed by atoms with Gasteiger partial charge in [0.25, 0.3) is 0 Å². The van der Waals surface area contributed by atoms with Crippen LogP contribution in [0.4, 0.5) is 0 Å². The summed E-state index contributed by atoms with van der Waals surface area (Å²) in [5.41, 5.74) is 10.2. The fourth-order valence-corrected chi connectivity index (χ4v) is 7.43. The number of aromatic nitrogens is 4. The summed E-state index contributed by atoms with van der Waals surface area (Å²) in [6.45, 7) is 0. The zero-order valence-electron chi connectivity index (χ0n) is 27.2. The molecule has 0 aliphatic carbocycles. The number of rotatable bonds is 5. The number of fused-ring (bicyclic) bond motifs is 6. The zero-order valence-corrected chi connectivity index (χ0v) is 28.7. The van der Waals surface area contributed by atoms with E-state index in [0.717, 1.165) is 59.9 Å². The molecule has 0 atom stereocenters. The Labute approximate surface area is 301 Å². The molecule has 0 spiro atoms. The predicted molar refractivity (Wildman–Crippen MR) is 211 cm³/mol. The van der Waals surface area contributed by atoms with Crippen LogP contribution in [0.25, 0.3) is 94.7 Å². The van der Waals surface area contributed by atoms with Crippen molar-refractivity contribution in [3.63, 3.8) is 0 Å². The molecular weight excluding hydrogens is 692 g/mol. The normalized spacial score (nSPS) is 11.6. The molecule has 0 aliphatic heterocycles. The van der Waals surface area contributed by atoms with E-state index >= 15 is 0 Å². The lowest BCUT2D eigenvalue weighted by Crippen LogP contribution is -2.00. The number of furan rings is 1. The van der Waals surface area contributed by atoms with Gasteiger partial charge in [0.2, 0.25) is 0 Å². The largest absolute Gasteiger partial charge is 0.456 e. The molecule has 0 bridgehead atoms. The van der Waals surface area contributed by atoms with Crippen molar-refractivity contribution < 1.29 is 4.42 Å². The molecule has 0 unspecified atom stereocenters. The highest BCUT2D eigenvalue weighted by Crippen LogP contribution is 2.39. The number of hydrogen-bond donors (Lipinski definition) is 0. The lowest BCUT2D eigenvalue weighted by molar-refractivity contribution is 0.669. The predicted octanol–water partition coefficient (Wildman–Crippen LogP) is 12.3. The van der Waals surface area contributed by atoms with Gasteiger partial charge in [0.05, 0.1) is 11.0 Å². The van der Waals surface area contributed by atoms with Crippen LogP contribution in [-0.2, 0) is 0 Å². The Morgan fingerprint density at radius 3 is 1.45 bits per heavy atom. The standard InChI is InChI=1S/C45H27BrN4O/c46-33-19-21-40-36(27-33)35-24-30(16-20-39(35)50(40)34-14-8-3-9-15-34)31-17-22-41-37(25-31)38-26-32(18-23-42(38)51-41)45-48-43(28-10-4-1-5-11-28)47-44(49-45)29-12-6-2-7-13-29/h1-27H. The first-order chi connectivity index (χ1) is 25.2. The molecular formula is C45H27BrN4O. The molecule has 51 heavy (non-hydrogen) atoms. The summed E-state index contributed by atoms with van der Waals surface area (Å²) in [5, 5.41) is 4.45. The van der Waals surface area contributed by atoms with E-state index in [4.69, 9.17) is 19.4 Å². The molecule has 240 valence electrons. The molecule has 0 saturated carbocycles. The van der Waals surface area contributed by atoms with Gasteiger partial charge in [-0.2, -0.15) is 0 Å². The van der Waals surface area contributed by atoms with Crippen LogP contribution in [-0.4, -0.2) is 19.5 Å². The molecule has 0 radical (unpaired) electrons. The topological polar surface area (TPSA) is 56.7 Å². The summed E-state index contributed by atoms with van der Waals surface area (Å²) in [6.07, 6.45) is 0. The van der Waals surface area contributed by atoms with Crippen LogP contribution in [0.3, 0.4) is 0 Å². The van der Waals surface area contributed by atoms with Gasteiger partial charge in [0, 0.05) is 48.4 Å². The lowest BCUT2D eigenvalue weighted by atomic mass is 10.00. The second-order valence-corrected chi connectivity index (χ2v) is 13.5. The van der Waals surface area contributed by atoms with Crippen LogP contribution in [0, 0.1) is 0 Å². The molecule has 3 aromatic heterocycles. The van der Waals surface area contributed by atoms with Crippen molar-refractivity contribution in [1.82, 2.24) is 19.5 Å². The summed E-state index contributed by atoms with van der Waals surface area (Å²) < 4.78 is 9.74. The van der Waals surface area contributed by atoms with Crippen molar-refractivity contribution in [2.75, 3.05) is 0 Å². The van der Waals surface area contributed by atoms with Crippen LogP contribution in [0.15, 0.2) is 173 Å². The summed E-state index contributed by atoms with van der Waals surface area (Å²) >= 11 is 3.71. The van der Waals surface area contributed by atoms with Gasteiger partial charge in [-0.25, -0.2) is 15.0 Å². The van der Waals surface area contributed by atoms with Crippen LogP contribution in [0.2, 0.25) is 0 Å². The summed E-state index contributed by atoms with van der Waals surface area (Å²) in [5.74, 6) is 1.88. The summed E-state index contributed by atoms with van der Waals surface area (Å²) in [7, 11) is 0. The van der Waals surface area contributed by atoms with Crippen molar-refractivity contribution in [1.29, 1.82) is 0 Å². The van der Waals surface area contributed by atoms with E-state index in [-0.39, 0.29) is 0 Å². The molecule has 0 fully saturated rings. The minimum absolute atomic E-state index is 0.613. The van der Waals surface area contributed by atoms with Gasteiger partial charge in [-0.3, -0.25) is 0 Å². The minimum atomic E-state index is 0.613. The smallest absolute Gasteiger partial charge is 0.164 e. The lowest BCUT2D eigenvalue weighted by Gasteiger charge is -2.08. The van der Waals surface area contributed by atoms with Gasteiger partial charge < -0.3 is 8.98 Å². The van der Waals surface area contributed by atoms with Gasteiger partial charge in [0.15, 0.2) is 17.5 Å². The number of benzene rings is 7. The van der Waals surface area contributed by atoms with Gasteiger partial charge >= 0.3 is 0 Å². The second-order valence-electron chi connectivity index (χ2n) is 12.6. The Hall–Kier alpha value is -6.37. The SMILES string of the molecule is Brc1ccc2c(c1)c1cc(-c3ccc4oc5ccc(-c6nc(-c7ccccc7)nc(-c7ccccc7)n6)cc5c4c3)ccc1n2-c1ccccc1. The molecule has 7 aromatic carbocycles. The van der Waals surface area contributed by atoms with Crippen LogP contribution in [0.1, 0.15) is 0 Å². The monoisotopic (exact) mass is 718 g/mol. The zero-order chi connectivity index (χ0) is 33.9. The minimum Gasteiger partial charge on any atom is -0.456 e. The van der Waals surface area contributed by atoms with E-state index in [2.05, 4.69) is 111 Å². The molecule has 0 aliphatic rings. The van der Waals surface area contributed by atoms with Gasteiger partial charge in [-0.05, 0) is 83.9 Å². The van der Waals surface area contributed by atoms with E-state index < -0.39 is 0 Å². The fourth-order valence-electron chi connectivity index (χ4n) is 7.06. The molecule has 0 N–H and O–H groups in total. The third kappa shape index (κ3) is 5.11. The Morgan fingerprint density at radius 2 is 0.843 bits per heavy atom. The highest BCUT2D eigenvalue weighted by molar-refractivity contribution is 9.10. The fraction of sp³-hybridized carbons (Fsp3) is 0. The molecule has 6 heteroatoms. The number of nitrogens with zero attached hydrogens (tertiary/aromatic N) is 4. The van der Waals surface area contributed by atoms with E-state index in [0.29, 0.717) is 17.5 Å². The van der Waals surface area contributed by atoms with E-state index in [1.807, 2.05) is 72.8 Å². The molecule has 10 rings (SSSR count). The highest BCUT2D eigenvalue weighted by atomic mass is 79.9. The van der Waals surface area contributed by atoms with Gasteiger partial charge in [0.1, 0.15) is 11.2 Å². The van der Waals surface area contributed by atoms with Crippen molar-refractivity contribution >= 4 is 59.7 Å². The van der Waals surface area contributed by atoms with Crippen LogP contribution >= 0.6 is 15.9 Å². The maximum atomic E-state index is 6.35. The van der Waals surface area contributed by atoms with E-state index in [1.165, 1.54) is 21.8 Å². The molecule has 0 amide bonds. The Morgan fingerprint density at radius 1 is 0.392 bits per heavy atom.